The van der Waals surface area contributed by atoms with Gasteiger partial charge in [0.15, 0.2) is 0 Å². The number of hydrogen-bond acceptors (Lipinski definition) is 3. The molecule has 5 nitrogen and oxygen atoms in total. The van der Waals surface area contributed by atoms with E-state index in [4.69, 9.17) is 9.84 Å². The fraction of sp³-hybridized carbons (Fsp3) is 0.400. The van der Waals surface area contributed by atoms with Gasteiger partial charge in [0.2, 0.25) is 5.91 Å². The lowest BCUT2D eigenvalue weighted by atomic mass is 10.2. The van der Waals surface area contributed by atoms with Gasteiger partial charge in [0, 0.05) is 24.9 Å². The van der Waals surface area contributed by atoms with Gasteiger partial charge in [0.05, 0.1) is 13.2 Å². The molecule has 1 aromatic carbocycles. The smallest absolute Gasteiger partial charge is 0.239 e. The Morgan fingerprint density at radius 1 is 1.25 bits per heavy atom. The third kappa shape index (κ3) is 4.08. The minimum atomic E-state index is -0.00601. The Morgan fingerprint density at radius 3 is 2.95 bits per heavy atom. The summed E-state index contributed by atoms with van der Waals surface area (Å²) in [6.45, 7) is 1.85. The molecule has 0 unspecified atom stereocenters. The molecule has 5 heteroatoms. The van der Waals surface area contributed by atoms with Gasteiger partial charge in [-0.1, -0.05) is 18.2 Å². The number of rotatable bonds is 8. The summed E-state index contributed by atoms with van der Waals surface area (Å²) in [5.41, 5.74) is 1.06. The number of aliphatic hydroxyl groups excluding tert-OH is 1. The topological polar surface area (TPSA) is 63.5 Å². The number of benzene rings is 1. The number of nitrogens with zero attached hydrogens (tertiary/aromatic N) is 1. The number of carbonyl (C=O) groups excluding carboxylic acids is 1. The van der Waals surface area contributed by atoms with E-state index in [2.05, 4.69) is 5.32 Å². The molecule has 0 saturated carbocycles. The lowest BCUT2D eigenvalue weighted by molar-refractivity contribution is -0.121. The maximum Gasteiger partial charge on any atom is 0.239 e. The Bertz CT molecular complexity index is 551. The molecule has 1 heterocycles. The highest BCUT2D eigenvalue weighted by atomic mass is 16.5. The lowest BCUT2D eigenvalue weighted by Gasteiger charge is -2.07. The molecular weight excluding hydrogens is 256 g/mol. The number of nitrogens with one attached hydrogen (secondary N) is 1. The molecule has 2 rings (SSSR count). The molecule has 2 aromatic rings. The fourth-order valence-corrected chi connectivity index (χ4v) is 2.06. The van der Waals surface area contributed by atoms with Crippen molar-refractivity contribution in [1.82, 2.24) is 9.88 Å². The first kappa shape index (κ1) is 14.6. The minimum Gasteiger partial charge on any atom is -0.394 e. The van der Waals surface area contributed by atoms with Crippen molar-refractivity contribution in [3.8, 4) is 0 Å². The molecule has 0 atom stereocenters. The fourth-order valence-electron chi connectivity index (χ4n) is 2.06. The van der Waals surface area contributed by atoms with E-state index in [-0.39, 0.29) is 12.5 Å². The summed E-state index contributed by atoms with van der Waals surface area (Å²) >= 11 is 0. The van der Waals surface area contributed by atoms with E-state index in [9.17, 15) is 4.79 Å². The summed E-state index contributed by atoms with van der Waals surface area (Å²) in [6, 6.07) is 9.99. The molecule has 0 saturated heterocycles. The predicted octanol–water partition coefficient (Wildman–Crippen LogP) is 1.16. The first-order valence-electron chi connectivity index (χ1n) is 6.80. The van der Waals surface area contributed by atoms with Crippen molar-refractivity contribution >= 4 is 16.8 Å². The van der Waals surface area contributed by atoms with Gasteiger partial charge < -0.3 is 19.7 Å². The molecule has 0 radical (unpaired) electrons. The van der Waals surface area contributed by atoms with Gasteiger partial charge in [0.25, 0.3) is 0 Å². The Balaban J connectivity index is 1.74. The summed E-state index contributed by atoms with van der Waals surface area (Å²) in [6.07, 6.45) is 2.67. The number of hydrogen-bond donors (Lipinski definition) is 2. The van der Waals surface area contributed by atoms with E-state index < -0.39 is 0 Å². The van der Waals surface area contributed by atoms with Crippen LogP contribution >= 0.6 is 0 Å². The number of amides is 1. The summed E-state index contributed by atoms with van der Waals surface area (Å²) in [5.74, 6) is -0.00601. The van der Waals surface area contributed by atoms with Gasteiger partial charge >= 0.3 is 0 Å². The number of aliphatic hydroxyl groups is 1. The second-order valence-electron chi connectivity index (χ2n) is 4.54. The van der Waals surface area contributed by atoms with Crippen LogP contribution in [-0.2, 0) is 16.1 Å². The third-order valence-corrected chi connectivity index (χ3v) is 3.02. The zero-order valence-electron chi connectivity index (χ0n) is 11.4. The van der Waals surface area contributed by atoms with Crippen LogP contribution in [0, 0.1) is 0 Å². The Labute approximate surface area is 118 Å². The zero-order valence-corrected chi connectivity index (χ0v) is 11.4. The molecule has 20 heavy (non-hydrogen) atoms. The van der Waals surface area contributed by atoms with Gasteiger partial charge in [-0.25, -0.2) is 0 Å². The highest BCUT2D eigenvalue weighted by Crippen LogP contribution is 2.14. The molecule has 1 aromatic heterocycles. The van der Waals surface area contributed by atoms with Crippen LogP contribution in [0.5, 0.6) is 0 Å². The Kier molecular flexibility index (Phi) is 5.58. The van der Waals surface area contributed by atoms with Crippen molar-refractivity contribution in [3.05, 3.63) is 36.5 Å². The third-order valence-electron chi connectivity index (χ3n) is 3.02. The quantitative estimate of drug-likeness (QED) is 0.711. The minimum absolute atomic E-state index is 0.00601. The molecule has 0 aliphatic rings. The monoisotopic (exact) mass is 276 g/mol. The highest BCUT2D eigenvalue weighted by molar-refractivity contribution is 5.83. The van der Waals surface area contributed by atoms with Crippen LogP contribution in [0.25, 0.3) is 10.9 Å². The van der Waals surface area contributed by atoms with Crippen LogP contribution < -0.4 is 5.32 Å². The Morgan fingerprint density at radius 2 is 2.10 bits per heavy atom. The summed E-state index contributed by atoms with van der Waals surface area (Å²) in [7, 11) is 0. The van der Waals surface area contributed by atoms with Gasteiger partial charge in [0.1, 0.15) is 6.54 Å². The lowest BCUT2D eigenvalue weighted by Crippen LogP contribution is -2.28. The van der Waals surface area contributed by atoms with Gasteiger partial charge in [-0.15, -0.1) is 0 Å². The molecule has 1 amide bonds. The molecule has 108 valence electrons. The van der Waals surface area contributed by atoms with E-state index in [1.54, 1.807) is 0 Å². The van der Waals surface area contributed by atoms with Crippen molar-refractivity contribution in [2.45, 2.75) is 13.0 Å². The number of carbonyl (C=O) groups is 1. The van der Waals surface area contributed by atoms with Crippen LogP contribution in [0.2, 0.25) is 0 Å². The molecule has 2 N–H and O–H groups in total. The standard InChI is InChI=1S/C15H20N2O3/c18-9-11-20-10-3-7-16-15(19)12-17-8-6-13-4-1-2-5-14(13)17/h1-2,4-6,8,18H,3,7,9-12H2,(H,16,19). The van der Waals surface area contributed by atoms with Crippen molar-refractivity contribution in [2.24, 2.45) is 0 Å². The molecule has 0 aliphatic heterocycles. The SMILES string of the molecule is O=C(Cn1ccc2ccccc21)NCCCOCCO. The van der Waals surface area contributed by atoms with Crippen LogP contribution in [-0.4, -0.2) is 41.9 Å². The summed E-state index contributed by atoms with van der Waals surface area (Å²) in [5, 5.41) is 12.5. The first-order valence-corrected chi connectivity index (χ1v) is 6.80. The second kappa shape index (κ2) is 7.67. The van der Waals surface area contributed by atoms with Crippen LogP contribution in [0.4, 0.5) is 0 Å². The van der Waals surface area contributed by atoms with E-state index in [0.717, 1.165) is 17.3 Å². The maximum atomic E-state index is 11.8. The van der Waals surface area contributed by atoms with Crippen molar-refractivity contribution < 1.29 is 14.6 Å². The number of ether oxygens (including phenoxy) is 1. The predicted molar refractivity (Wildman–Crippen MR) is 77.5 cm³/mol. The number of fused-ring (bicyclic) bond motifs is 1. The van der Waals surface area contributed by atoms with Crippen LogP contribution in [0.15, 0.2) is 36.5 Å². The summed E-state index contributed by atoms with van der Waals surface area (Å²) < 4.78 is 7.06. The van der Waals surface area contributed by atoms with Gasteiger partial charge in [-0.3, -0.25) is 4.79 Å². The molecule has 0 spiro atoms. The highest BCUT2D eigenvalue weighted by Gasteiger charge is 2.05. The Hall–Kier alpha value is -1.85. The van der Waals surface area contributed by atoms with E-state index in [1.165, 1.54) is 0 Å². The van der Waals surface area contributed by atoms with Gasteiger partial charge in [-0.2, -0.15) is 0 Å². The normalized spacial score (nSPS) is 10.8. The van der Waals surface area contributed by atoms with Crippen molar-refractivity contribution in [2.75, 3.05) is 26.4 Å². The van der Waals surface area contributed by atoms with Crippen LogP contribution in [0.1, 0.15) is 6.42 Å². The van der Waals surface area contributed by atoms with Crippen LogP contribution in [0.3, 0.4) is 0 Å². The molecule has 0 aliphatic carbocycles. The first-order chi connectivity index (χ1) is 9.81. The van der Waals surface area contributed by atoms with E-state index in [1.807, 2.05) is 41.1 Å². The average Bonchev–Trinajstić information content (AvgIpc) is 2.86. The average molecular weight is 276 g/mol. The van der Waals surface area contributed by atoms with Crippen molar-refractivity contribution in [1.29, 1.82) is 0 Å². The number of aromatic nitrogens is 1. The van der Waals surface area contributed by atoms with Gasteiger partial charge in [-0.05, 0) is 23.9 Å². The van der Waals surface area contributed by atoms with Crippen molar-refractivity contribution in [3.63, 3.8) is 0 Å². The molecular formula is C15H20N2O3. The molecule has 0 fully saturated rings. The molecule has 0 bridgehead atoms. The summed E-state index contributed by atoms with van der Waals surface area (Å²) in [4.78, 5) is 11.8. The second-order valence-corrected chi connectivity index (χ2v) is 4.54. The largest absolute Gasteiger partial charge is 0.394 e. The van der Waals surface area contributed by atoms with E-state index >= 15 is 0 Å². The zero-order chi connectivity index (χ0) is 14.2. The maximum absolute atomic E-state index is 11.8. The number of para-hydroxylation sites is 1. The van der Waals surface area contributed by atoms with E-state index in [0.29, 0.717) is 26.3 Å².